The third-order valence-corrected chi connectivity index (χ3v) is 6.61. The number of methoxy groups -OCH3 is 1. The minimum absolute atomic E-state index is 0.224. The number of likely N-dealkylation sites (tertiary alicyclic amines) is 2. The molecular formula is C21H29FN2O2. The van der Waals surface area contributed by atoms with E-state index in [0.717, 1.165) is 51.4 Å². The van der Waals surface area contributed by atoms with Crippen LogP contribution < -0.4 is 4.74 Å². The number of rotatable bonds is 5. The van der Waals surface area contributed by atoms with Crippen LogP contribution in [0.1, 0.15) is 44.1 Å². The highest BCUT2D eigenvalue weighted by Gasteiger charge is 2.48. The fraction of sp³-hybridized carbons (Fsp3) is 0.667. The Morgan fingerprint density at radius 3 is 2.81 bits per heavy atom. The molecule has 0 bridgehead atoms. The van der Waals surface area contributed by atoms with Gasteiger partial charge in [0.05, 0.1) is 12.5 Å². The van der Waals surface area contributed by atoms with Crippen LogP contribution in [0, 0.1) is 17.2 Å². The molecule has 2 saturated heterocycles. The predicted octanol–water partition coefficient (Wildman–Crippen LogP) is 3.45. The van der Waals surface area contributed by atoms with E-state index >= 15 is 0 Å². The average Bonchev–Trinajstić information content (AvgIpc) is 3.01. The second kappa shape index (κ2) is 7.18. The molecule has 0 aromatic heterocycles. The van der Waals surface area contributed by atoms with Gasteiger partial charge in [-0.25, -0.2) is 4.39 Å². The van der Waals surface area contributed by atoms with Gasteiger partial charge in [-0.15, -0.1) is 0 Å². The molecule has 4 nitrogen and oxygen atoms in total. The van der Waals surface area contributed by atoms with Crippen LogP contribution in [0.15, 0.2) is 18.2 Å². The van der Waals surface area contributed by atoms with E-state index in [4.69, 9.17) is 4.74 Å². The summed E-state index contributed by atoms with van der Waals surface area (Å²) in [4.78, 5) is 17.6. The molecule has 3 fully saturated rings. The number of hydrogen-bond acceptors (Lipinski definition) is 3. The van der Waals surface area contributed by atoms with Gasteiger partial charge >= 0.3 is 0 Å². The standard InChI is InChI=1S/C21H29FN2O2/c1-26-18-6-7-19(22)17(12-18)14-24-10-3-8-21(20(24)25)9-11-23(15-21)13-16-4-2-5-16/h6-7,12,16H,2-5,8-11,13-15H2,1H3. The number of piperidine rings is 1. The molecule has 1 aromatic rings. The van der Waals surface area contributed by atoms with Crippen LogP contribution in [-0.2, 0) is 11.3 Å². The van der Waals surface area contributed by atoms with Crippen molar-refractivity contribution < 1.29 is 13.9 Å². The summed E-state index contributed by atoms with van der Waals surface area (Å²) in [6.07, 6.45) is 6.99. The Balaban J connectivity index is 1.44. The molecule has 2 heterocycles. The number of carbonyl (C=O) groups is 1. The van der Waals surface area contributed by atoms with Gasteiger partial charge in [0, 0.05) is 31.7 Å². The van der Waals surface area contributed by atoms with Crippen LogP contribution in [0.3, 0.4) is 0 Å². The van der Waals surface area contributed by atoms with E-state index in [2.05, 4.69) is 4.90 Å². The van der Waals surface area contributed by atoms with Crippen molar-refractivity contribution in [3.63, 3.8) is 0 Å². The molecule has 1 atom stereocenters. The molecule has 3 aliphatic rings. The Bertz CT molecular complexity index is 676. The fourth-order valence-corrected chi connectivity index (χ4v) is 4.84. The third kappa shape index (κ3) is 3.34. The zero-order chi connectivity index (χ0) is 18.1. The van der Waals surface area contributed by atoms with Gasteiger partial charge in [0.15, 0.2) is 0 Å². The van der Waals surface area contributed by atoms with Gasteiger partial charge in [0.2, 0.25) is 5.91 Å². The van der Waals surface area contributed by atoms with Crippen molar-refractivity contribution in [1.82, 2.24) is 9.80 Å². The zero-order valence-corrected chi connectivity index (χ0v) is 15.7. The van der Waals surface area contributed by atoms with Crippen molar-refractivity contribution in [2.75, 3.05) is 33.3 Å². The van der Waals surface area contributed by atoms with Gasteiger partial charge in [-0.1, -0.05) is 6.42 Å². The lowest BCUT2D eigenvalue weighted by Gasteiger charge is -2.40. The molecular weight excluding hydrogens is 331 g/mol. The molecule has 0 N–H and O–H groups in total. The lowest BCUT2D eigenvalue weighted by atomic mass is 9.78. The summed E-state index contributed by atoms with van der Waals surface area (Å²) >= 11 is 0. The Morgan fingerprint density at radius 1 is 1.23 bits per heavy atom. The molecule has 2 aliphatic heterocycles. The molecule has 1 saturated carbocycles. The summed E-state index contributed by atoms with van der Waals surface area (Å²) in [5.41, 5.74) is 0.302. The van der Waals surface area contributed by atoms with Gasteiger partial charge in [-0.05, 0) is 62.8 Å². The van der Waals surface area contributed by atoms with Gasteiger partial charge in [-0.2, -0.15) is 0 Å². The second-order valence-corrected chi connectivity index (χ2v) is 8.35. The SMILES string of the molecule is COc1ccc(F)c(CN2CCCC3(CCN(CC4CCC4)C3)C2=O)c1. The number of halogens is 1. The molecule has 1 unspecified atom stereocenters. The summed E-state index contributed by atoms with van der Waals surface area (Å²) in [6, 6.07) is 4.75. The van der Waals surface area contributed by atoms with E-state index in [1.54, 1.807) is 19.2 Å². The maximum atomic E-state index is 14.2. The van der Waals surface area contributed by atoms with E-state index < -0.39 is 0 Å². The number of amides is 1. The number of nitrogens with zero attached hydrogens (tertiary/aromatic N) is 2. The summed E-state index contributed by atoms with van der Waals surface area (Å²) in [6.45, 7) is 4.13. The van der Waals surface area contributed by atoms with Crippen molar-refractivity contribution in [3.8, 4) is 5.75 Å². The molecule has 142 valence electrons. The second-order valence-electron chi connectivity index (χ2n) is 8.35. The van der Waals surface area contributed by atoms with Gasteiger partial charge in [0.1, 0.15) is 11.6 Å². The Morgan fingerprint density at radius 2 is 2.08 bits per heavy atom. The van der Waals surface area contributed by atoms with E-state index in [1.807, 2.05) is 4.90 Å². The maximum absolute atomic E-state index is 14.2. The van der Waals surface area contributed by atoms with Crippen LogP contribution >= 0.6 is 0 Å². The highest BCUT2D eigenvalue weighted by Crippen LogP contribution is 2.41. The molecule has 1 aromatic carbocycles. The lowest BCUT2D eigenvalue weighted by molar-refractivity contribution is -0.146. The van der Waals surface area contributed by atoms with Crippen molar-refractivity contribution in [1.29, 1.82) is 0 Å². The maximum Gasteiger partial charge on any atom is 0.230 e. The van der Waals surface area contributed by atoms with E-state index in [9.17, 15) is 9.18 Å². The van der Waals surface area contributed by atoms with Crippen LogP contribution in [0.25, 0.3) is 0 Å². The predicted molar refractivity (Wildman–Crippen MR) is 98.4 cm³/mol. The largest absolute Gasteiger partial charge is 0.497 e. The van der Waals surface area contributed by atoms with Crippen LogP contribution in [0.5, 0.6) is 5.75 Å². The van der Waals surface area contributed by atoms with Crippen LogP contribution in [0.2, 0.25) is 0 Å². The van der Waals surface area contributed by atoms with Crippen molar-refractivity contribution in [2.24, 2.45) is 11.3 Å². The molecule has 1 spiro atoms. The van der Waals surface area contributed by atoms with E-state index in [0.29, 0.717) is 17.9 Å². The minimum Gasteiger partial charge on any atom is -0.497 e. The van der Waals surface area contributed by atoms with Gasteiger partial charge < -0.3 is 14.5 Å². The normalized spacial score (nSPS) is 27.2. The number of hydrogen-bond donors (Lipinski definition) is 0. The monoisotopic (exact) mass is 360 g/mol. The molecule has 1 amide bonds. The highest BCUT2D eigenvalue weighted by molar-refractivity contribution is 5.84. The Kier molecular flexibility index (Phi) is 4.91. The Hall–Kier alpha value is -1.62. The number of benzene rings is 1. The van der Waals surface area contributed by atoms with E-state index in [-0.39, 0.29) is 17.1 Å². The van der Waals surface area contributed by atoms with Gasteiger partial charge in [0.25, 0.3) is 0 Å². The third-order valence-electron chi connectivity index (χ3n) is 6.61. The summed E-state index contributed by atoms with van der Waals surface area (Å²) in [7, 11) is 1.58. The number of ether oxygens (including phenoxy) is 1. The average molecular weight is 360 g/mol. The smallest absolute Gasteiger partial charge is 0.230 e. The summed E-state index contributed by atoms with van der Waals surface area (Å²) in [5.74, 6) is 1.43. The van der Waals surface area contributed by atoms with Gasteiger partial charge in [-0.3, -0.25) is 4.79 Å². The van der Waals surface area contributed by atoms with Crippen LogP contribution in [0.4, 0.5) is 4.39 Å². The summed E-state index contributed by atoms with van der Waals surface area (Å²) < 4.78 is 19.4. The first-order valence-corrected chi connectivity index (χ1v) is 9.94. The molecule has 4 rings (SSSR count). The quantitative estimate of drug-likeness (QED) is 0.806. The molecule has 26 heavy (non-hydrogen) atoms. The first-order valence-electron chi connectivity index (χ1n) is 9.94. The van der Waals surface area contributed by atoms with Crippen molar-refractivity contribution in [2.45, 2.75) is 45.1 Å². The molecule has 0 radical (unpaired) electrons. The fourth-order valence-electron chi connectivity index (χ4n) is 4.84. The Labute approximate surface area is 155 Å². The lowest BCUT2D eigenvalue weighted by Crippen LogP contribution is -2.50. The minimum atomic E-state index is -0.267. The first-order chi connectivity index (χ1) is 12.6. The summed E-state index contributed by atoms with van der Waals surface area (Å²) in [5, 5.41) is 0. The zero-order valence-electron chi connectivity index (χ0n) is 15.7. The van der Waals surface area contributed by atoms with Crippen molar-refractivity contribution >= 4 is 5.91 Å². The molecule has 5 heteroatoms. The number of carbonyl (C=O) groups excluding carboxylic acids is 1. The highest BCUT2D eigenvalue weighted by atomic mass is 19.1. The topological polar surface area (TPSA) is 32.8 Å². The first kappa shape index (κ1) is 17.8. The van der Waals surface area contributed by atoms with E-state index in [1.165, 1.54) is 25.3 Å². The van der Waals surface area contributed by atoms with Crippen molar-refractivity contribution in [3.05, 3.63) is 29.6 Å². The molecule has 1 aliphatic carbocycles. The van der Waals surface area contributed by atoms with Crippen LogP contribution in [-0.4, -0.2) is 49.0 Å².